The number of hydrogen-bond donors (Lipinski definition) is 1. The number of thioether (sulfide) groups is 1. The van der Waals surface area contributed by atoms with Crippen molar-refractivity contribution in [3.8, 4) is 11.1 Å². The van der Waals surface area contributed by atoms with E-state index in [9.17, 15) is 9.59 Å². The number of allylic oxidation sites excluding steroid dienone is 1. The molecule has 0 bridgehead atoms. The van der Waals surface area contributed by atoms with Crippen LogP contribution in [0.15, 0.2) is 81.0 Å². The van der Waals surface area contributed by atoms with Crippen molar-refractivity contribution in [3.05, 3.63) is 87.0 Å². The standard InChI is InChI=1S/C24H20BrN3O2S2/c1-3-12-28-23(30)21-17(16-10-8-15(2)9-11-16)13-31-22(21)27-24(28)32-14-20(29)26-19-7-5-4-6-18(19)25/h3-11,13H,1,12,14H2,2H3,(H,26,29). The predicted molar refractivity (Wildman–Crippen MR) is 138 cm³/mol. The molecule has 2 heterocycles. The minimum atomic E-state index is -0.173. The molecule has 4 rings (SSSR count). The van der Waals surface area contributed by atoms with Gasteiger partial charge in [0.25, 0.3) is 5.56 Å². The first kappa shape index (κ1) is 22.5. The maximum atomic E-state index is 13.4. The number of nitrogens with zero attached hydrogens (tertiary/aromatic N) is 2. The van der Waals surface area contributed by atoms with Gasteiger partial charge in [0.1, 0.15) is 4.83 Å². The number of aryl methyl sites for hydroxylation is 1. The van der Waals surface area contributed by atoms with Crippen LogP contribution in [0.2, 0.25) is 0 Å². The monoisotopic (exact) mass is 525 g/mol. The number of hydrogen-bond acceptors (Lipinski definition) is 5. The minimum absolute atomic E-state index is 0.125. The summed E-state index contributed by atoms with van der Waals surface area (Å²) in [5.41, 5.74) is 3.60. The number of aromatic nitrogens is 2. The molecule has 0 saturated carbocycles. The Balaban J connectivity index is 1.64. The number of carbonyl (C=O) groups is 1. The van der Waals surface area contributed by atoms with Gasteiger partial charge in [0, 0.05) is 22.0 Å². The molecule has 0 aliphatic carbocycles. The lowest BCUT2D eigenvalue weighted by molar-refractivity contribution is -0.113. The number of para-hydroxylation sites is 1. The first-order valence-corrected chi connectivity index (χ1v) is 12.5. The molecule has 1 N–H and O–H groups in total. The molecule has 0 fully saturated rings. The maximum absolute atomic E-state index is 13.4. The van der Waals surface area contributed by atoms with Crippen LogP contribution >= 0.6 is 39.0 Å². The van der Waals surface area contributed by atoms with E-state index in [-0.39, 0.29) is 17.2 Å². The number of fused-ring (bicyclic) bond motifs is 1. The zero-order chi connectivity index (χ0) is 22.7. The molecule has 4 aromatic rings. The number of carbonyl (C=O) groups excluding carboxylic acids is 1. The second-order valence-corrected chi connectivity index (χ2v) is 9.77. The fraction of sp³-hybridized carbons (Fsp3) is 0.125. The molecule has 2 aromatic carbocycles. The molecular formula is C24H20BrN3O2S2. The van der Waals surface area contributed by atoms with Gasteiger partial charge in [0.15, 0.2) is 5.16 Å². The lowest BCUT2D eigenvalue weighted by Crippen LogP contribution is -2.23. The Morgan fingerprint density at radius 2 is 2.00 bits per heavy atom. The molecule has 0 saturated heterocycles. The van der Waals surface area contributed by atoms with E-state index in [0.717, 1.165) is 21.2 Å². The topological polar surface area (TPSA) is 64.0 Å². The molecule has 162 valence electrons. The molecule has 0 spiro atoms. The van der Waals surface area contributed by atoms with Gasteiger partial charge in [-0.25, -0.2) is 4.98 Å². The van der Waals surface area contributed by atoms with E-state index in [1.807, 2.05) is 60.8 Å². The molecule has 2 aromatic heterocycles. The van der Waals surface area contributed by atoms with E-state index in [4.69, 9.17) is 4.98 Å². The highest BCUT2D eigenvalue weighted by Crippen LogP contribution is 2.32. The average molecular weight is 526 g/mol. The molecule has 0 unspecified atom stereocenters. The van der Waals surface area contributed by atoms with Crippen LogP contribution in [-0.4, -0.2) is 21.2 Å². The third-order valence-electron chi connectivity index (χ3n) is 4.81. The minimum Gasteiger partial charge on any atom is -0.324 e. The Bertz CT molecular complexity index is 1360. The van der Waals surface area contributed by atoms with Gasteiger partial charge in [-0.2, -0.15) is 0 Å². The van der Waals surface area contributed by atoms with Crippen LogP contribution in [0.3, 0.4) is 0 Å². The third-order valence-corrected chi connectivity index (χ3v) is 7.35. The van der Waals surface area contributed by atoms with Crippen LogP contribution in [0.1, 0.15) is 5.56 Å². The van der Waals surface area contributed by atoms with Crippen LogP contribution in [0.5, 0.6) is 0 Å². The first-order valence-electron chi connectivity index (χ1n) is 9.85. The second kappa shape index (κ2) is 9.85. The smallest absolute Gasteiger partial charge is 0.263 e. The molecule has 8 heteroatoms. The van der Waals surface area contributed by atoms with E-state index in [1.165, 1.54) is 23.1 Å². The summed E-state index contributed by atoms with van der Waals surface area (Å²) >= 11 is 6.10. The fourth-order valence-corrected chi connectivity index (χ4v) is 5.41. The van der Waals surface area contributed by atoms with Crippen LogP contribution in [0.4, 0.5) is 5.69 Å². The van der Waals surface area contributed by atoms with Crippen LogP contribution in [0.25, 0.3) is 21.3 Å². The van der Waals surface area contributed by atoms with E-state index in [0.29, 0.717) is 27.6 Å². The molecule has 0 radical (unpaired) electrons. The van der Waals surface area contributed by atoms with Gasteiger partial charge in [0.2, 0.25) is 5.91 Å². The summed E-state index contributed by atoms with van der Waals surface area (Å²) < 4.78 is 2.39. The summed E-state index contributed by atoms with van der Waals surface area (Å²) in [7, 11) is 0. The van der Waals surface area contributed by atoms with Gasteiger partial charge >= 0.3 is 0 Å². The molecule has 1 amide bonds. The Morgan fingerprint density at radius 1 is 1.25 bits per heavy atom. The van der Waals surface area contributed by atoms with Crippen molar-refractivity contribution < 1.29 is 4.79 Å². The summed E-state index contributed by atoms with van der Waals surface area (Å²) in [6, 6.07) is 15.5. The Morgan fingerprint density at radius 3 is 2.72 bits per heavy atom. The fourth-order valence-electron chi connectivity index (χ4n) is 3.23. The van der Waals surface area contributed by atoms with Crippen molar-refractivity contribution in [1.82, 2.24) is 9.55 Å². The number of benzene rings is 2. The maximum Gasteiger partial charge on any atom is 0.263 e. The first-order chi connectivity index (χ1) is 15.5. The van der Waals surface area contributed by atoms with Crippen LogP contribution in [-0.2, 0) is 11.3 Å². The van der Waals surface area contributed by atoms with Gasteiger partial charge in [-0.05, 0) is 40.5 Å². The van der Waals surface area contributed by atoms with Crippen molar-refractivity contribution in [2.24, 2.45) is 0 Å². The summed E-state index contributed by atoms with van der Waals surface area (Å²) in [5, 5.41) is 5.94. The predicted octanol–water partition coefficient (Wildman–Crippen LogP) is 6.11. The zero-order valence-electron chi connectivity index (χ0n) is 17.3. The van der Waals surface area contributed by atoms with Crippen LogP contribution < -0.4 is 10.9 Å². The molecular weight excluding hydrogens is 506 g/mol. The lowest BCUT2D eigenvalue weighted by atomic mass is 10.1. The normalized spacial score (nSPS) is 10.9. The number of anilines is 1. The highest BCUT2D eigenvalue weighted by atomic mass is 79.9. The quantitative estimate of drug-likeness (QED) is 0.179. The van der Waals surface area contributed by atoms with E-state index in [1.54, 1.807) is 10.6 Å². The van der Waals surface area contributed by atoms with Crippen molar-refractivity contribution in [2.45, 2.75) is 18.6 Å². The van der Waals surface area contributed by atoms with Crippen LogP contribution in [0, 0.1) is 6.92 Å². The number of nitrogens with one attached hydrogen (secondary N) is 1. The lowest BCUT2D eigenvalue weighted by Gasteiger charge is -2.11. The Labute approximate surface area is 202 Å². The van der Waals surface area contributed by atoms with Gasteiger partial charge in [-0.1, -0.05) is 59.8 Å². The van der Waals surface area contributed by atoms with Gasteiger partial charge in [-0.15, -0.1) is 17.9 Å². The van der Waals surface area contributed by atoms with E-state index >= 15 is 0 Å². The molecule has 0 aliphatic rings. The molecule has 0 atom stereocenters. The van der Waals surface area contributed by atoms with Gasteiger partial charge < -0.3 is 5.32 Å². The van der Waals surface area contributed by atoms with Gasteiger partial charge in [0.05, 0.1) is 16.8 Å². The summed E-state index contributed by atoms with van der Waals surface area (Å²) in [6.45, 7) is 6.13. The Kier molecular flexibility index (Phi) is 6.93. The van der Waals surface area contributed by atoms with Gasteiger partial charge in [-0.3, -0.25) is 14.2 Å². The van der Waals surface area contributed by atoms with Crippen molar-refractivity contribution >= 4 is 60.8 Å². The zero-order valence-corrected chi connectivity index (χ0v) is 20.5. The number of rotatable bonds is 7. The van der Waals surface area contributed by atoms with E-state index in [2.05, 4.69) is 27.8 Å². The highest BCUT2D eigenvalue weighted by molar-refractivity contribution is 9.10. The van der Waals surface area contributed by atoms with Crippen molar-refractivity contribution in [1.29, 1.82) is 0 Å². The second-order valence-electron chi connectivity index (χ2n) is 7.11. The Hall–Kier alpha value is -2.68. The number of halogens is 1. The number of thiophene rings is 1. The molecule has 32 heavy (non-hydrogen) atoms. The SMILES string of the molecule is C=CCn1c(SCC(=O)Nc2ccccc2Br)nc2scc(-c3ccc(C)cc3)c2c1=O. The molecule has 0 aliphatic heterocycles. The summed E-state index contributed by atoms with van der Waals surface area (Å²) in [5.74, 6) is -0.0417. The number of amides is 1. The van der Waals surface area contributed by atoms with Crippen molar-refractivity contribution in [3.63, 3.8) is 0 Å². The highest BCUT2D eigenvalue weighted by Gasteiger charge is 2.18. The van der Waals surface area contributed by atoms with Crippen molar-refractivity contribution in [2.75, 3.05) is 11.1 Å². The summed E-state index contributed by atoms with van der Waals surface area (Å²) in [6.07, 6.45) is 1.66. The third kappa shape index (κ3) is 4.72. The largest absolute Gasteiger partial charge is 0.324 e. The summed E-state index contributed by atoms with van der Waals surface area (Å²) in [4.78, 5) is 31.3. The average Bonchev–Trinajstić information content (AvgIpc) is 3.21. The molecule has 5 nitrogen and oxygen atoms in total. The van der Waals surface area contributed by atoms with E-state index < -0.39 is 0 Å².